The van der Waals surface area contributed by atoms with Crippen molar-refractivity contribution in [3.05, 3.63) is 32.8 Å². The van der Waals surface area contributed by atoms with Gasteiger partial charge < -0.3 is 4.57 Å². The summed E-state index contributed by atoms with van der Waals surface area (Å²) in [6.07, 6.45) is 5.59. The smallest absolute Gasteiger partial charge is 0.171 e. The zero-order valence-corrected chi connectivity index (χ0v) is 9.12. The maximum absolute atomic E-state index is 4.20. The molecule has 0 amide bonds. The zero-order valence-electron chi connectivity index (χ0n) is 6.14. The fourth-order valence-electron chi connectivity index (χ4n) is 0.906. The van der Waals surface area contributed by atoms with Gasteiger partial charge in [-0.3, -0.25) is 0 Å². The molecule has 0 N–H and O–H groups in total. The highest BCUT2D eigenvalue weighted by Gasteiger charge is 2.00. The molecule has 0 fully saturated rings. The van der Waals surface area contributed by atoms with Gasteiger partial charge in [-0.05, 0) is 22.6 Å². The van der Waals surface area contributed by atoms with Crippen LogP contribution < -0.4 is 0 Å². The lowest BCUT2D eigenvalue weighted by molar-refractivity contribution is 0.766. The topological polar surface area (TPSA) is 30.7 Å². The fourth-order valence-corrected chi connectivity index (χ4v) is 2.01. The van der Waals surface area contributed by atoms with Gasteiger partial charge in [-0.2, -0.15) is 0 Å². The first kappa shape index (κ1) is 8.18. The highest BCUT2D eigenvalue weighted by atomic mass is 127. The Morgan fingerprint density at radius 2 is 2.33 bits per heavy atom. The minimum Gasteiger partial charge on any atom is -0.320 e. The molecule has 2 aromatic heterocycles. The van der Waals surface area contributed by atoms with Crippen LogP contribution in [-0.2, 0) is 6.54 Å². The van der Waals surface area contributed by atoms with Crippen LogP contribution in [0.2, 0.25) is 0 Å². The Morgan fingerprint density at radius 3 is 2.92 bits per heavy atom. The summed E-state index contributed by atoms with van der Waals surface area (Å²) in [6, 6.07) is 0. The molecule has 0 spiro atoms. The Bertz CT molecular complexity index is 354. The number of thiazole rings is 1. The first-order valence-electron chi connectivity index (χ1n) is 3.41. The molecule has 0 saturated carbocycles. The summed E-state index contributed by atoms with van der Waals surface area (Å²) in [5.74, 6) is 0. The van der Waals surface area contributed by atoms with E-state index in [4.69, 9.17) is 0 Å². The molecule has 5 heteroatoms. The second-order valence-corrected chi connectivity index (χ2v) is 4.19. The van der Waals surface area contributed by atoms with Gasteiger partial charge in [0.05, 0.1) is 6.54 Å². The lowest BCUT2D eigenvalue weighted by atomic mass is 10.6. The van der Waals surface area contributed by atoms with Crippen LogP contribution in [0.5, 0.6) is 0 Å². The first-order valence-corrected chi connectivity index (χ1v) is 5.37. The van der Waals surface area contributed by atoms with Crippen LogP contribution in [0.15, 0.2) is 24.0 Å². The molecular formula is C7H6IN3S. The van der Waals surface area contributed by atoms with E-state index in [1.54, 1.807) is 17.5 Å². The van der Waals surface area contributed by atoms with Crippen LogP contribution in [0.3, 0.4) is 0 Å². The summed E-state index contributed by atoms with van der Waals surface area (Å²) in [4.78, 5) is 8.32. The van der Waals surface area contributed by atoms with Crippen molar-refractivity contribution >= 4 is 33.9 Å². The van der Waals surface area contributed by atoms with E-state index in [9.17, 15) is 0 Å². The second-order valence-electron chi connectivity index (χ2n) is 2.25. The van der Waals surface area contributed by atoms with Crippen LogP contribution in [0.1, 0.15) is 5.01 Å². The molecule has 62 valence electrons. The third kappa shape index (κ3) is 1.66. The van der Waals surface area contributed by atoms with E-state index >= 15 is 0 Å². The van der Waals surface area contributed by atoms with Crippen molar-refractivity contribution in [3.63, 3.8) is 0 Å². The highest BCUT2D eigenvalue weighted by molar-refractivity contribution is 14.1. The number of imidazole rings is 1. The predicted octanol–water partition coefficient (Wildman–Crippen LogP) is 1.99. The molecule has 0 atom stereocenters. The normalized spacial score (nSPS) is 10.4. The van der Waals surface area contributed by atoms with Crippen molar-refractivity contribution in [3.8, 4) is 0 Å². The van der Waals surface area contributed by atoms with Crippen LogP contribution in [0.25, 0.3) is 0 Å². The van der Waals surface area contributed by atoms with E-state index in [1.165, 1.54) is 0 Å². The Labute approximate surface area is 87.6 Å². The van der Waals surface area contributed by atoms with E-state index in [0.717, 1.165) is 15.4 Å². The van der Waals surface area contributed by atoms with Crippen molar-refractivity contribution in [2.45, 2.75) is 6.54 Å². The van der Waals surface area contributed by atoms with Gasteiger partial charge in [0.1, 0.15) is 5.01 Å². The van der Waals surface area contributed by atoms with Crippen molar-refractivity contribution in [1.29, 1.82) is 0 Å². The summed E-state index contributed by atoms with van der Waals surface area (Å²) in [5, 5.41) is 3.10. The molecule has 2 heterocycles. The molecule has 0 aliphatic heterocycles. The SMILES string of the molecule is Ic1nccn1Cc1nccs1. The monoisotopic (exact) mass is 291 g/mol. The Kier molecular flexibility index (Phi) is 2.40. The lowest BCUT2D eigenvalue weighted by Gasteiger charge is -1.98. The molecule has 3 nitrogen and oxygen atoms in total. The van der Waals surface area contributed by atoms with Crippen molar-refractivity contribution in [2.75, 3.05) is 0 Å². The van der Waals surface area contributed by atoms with Crippen LogP contribution in [0, 0.1) is 3.83 Å². The molecule has 2 aromatic rings. The number of rotatable bonds is 2. The maximum Gasteiger partial charge on any atom is 0.171 e. The van der Waals surface area contributed by atoms with Crippen molar-refractivity contribution in [2.24, 2.45) is 0 Å². The van der Waals surface area contributed by atoms with Gasteiger partial charge in [0.2, 0.25) is 0 Å². The van der Waals surface area contributed by atoms with E-state index in [0.29, 0.717) is 0 Å². The molecule has 0 aromatic carbocycles. The Hall–Kier alpha value is -0.430. The minimum absolute atomic E-state index is 0.829. The van der Waals surface area contributed by atoms with E-state index < -0.39 is 0 Å². The maximum atomic E-state index is 4.20. The number of hydrogen-bond donors (Lipinski definition) is 0. The predicted molar refractivity (Wildman–Crippen MR) is 56.2 cm³/mol. The molecule has 0 radical (unpaired) electrons. The van der Waals surface area contributed by atoms with Crippen molar-refractivity contribution < 1.29 is 0 Å². The van der Waals surface area contributed by atoms with E-state index in [-0.39, 0.29) is 0 Å². The average Bonchev–Trinajstić information content (AvgIpc) is 2.65. The number of aromatic nitrogens is 3. The first-order chi connectivity index (χ1) is 5.86. The summed E-state index contributed by atoms with van der Waals surface area (Å²) >= 11 is 3.88. The van der Waals surface area contributed by atoms with E-state index in [1.807, 2.05) is 17.8 Å². The van der Waals surface area contributed by atoms with Gasteiger partial charge in [-0.25, -0.2) is 9.97 Å². The molecule has 0 bridgehead atoms. The Balaban J connectivity index is 2.20. The number of nitrogens with zero attached hydrogens (tertiary/aromatic N) is 3. The van der Waals surface area contributed by atoms with Gasteiger partial charge in [-0.15, -0.1) is 11.3 Å². The van der Waals surface area contributed by atoms with Gasteiger partial charge >= 0.3 is 0 Å². The van der Waals surface area contributed by atoms with Gasteiger partial charge in [-0.1, -0.05) is 0 Å². The fraction of sp³-hybridized carbons (Fsp3) is 0.143. The van der Waals surface area contributed by atoms with Gasteiger partial charge in [0.25, 0.3) is 0 Å². The third-order valence-electron chi connectivity index (χ3n) is 1.45. The summed E-state index contributed by atoms with van der Waals surface area (Å²) < 4.78 is 3.07. The second kappa shape index (κ2) is 3.53. The summed E-state index contributed by atoms with van der Waals surface area (Å²) in [5.41, 5.74) is 0. The molecule has 0 saturated heterocycles. The molecule has 2 rings (SSSR count). The summed E-state index contributed by atoms with van der Waals surface area (Å²) in [6.45, 7) is 0.829. The minimum atomic E-state index is 0.829. The molecule has 0 aliphatic rings. The quantitative estimate of drug-likeness (QED) is 0.792. The van der Waals surface area contributed by atoms with Crippen LogP contribution >= 0.6 is 33.9 Å². The molecule has 0 aliphatic carbocycles. The summed E-state index contributed by atoms with van der Waals surface area (Å²) in [7, 11) is 0. The highest BCUT2D eigenvalue weighted by Crippen LogP contribution is 2.09. The number of hydrogen-bond acceptors (Lipinski definition) is 3. The zero-order chi connectivity index (χ0) is 8.39. The third-order valence-corrected chi connectivity index (χ3v) is 3.12. The van der Waals surface area contributed by atoms with E-state index in [2.05, 4.69) is 37.1 Å². The molecular weight excluding hydrogens is 285 g/mol. The number of halogens is 1. The standard InChI is InChI=1S/C7H6IN3S/c8-7-10-1-3-11(7)5-6-9-2-4-12-6/h1-4H,5H2. The van der Waals surface area contributed by atoms with Gasteiger partial charge in [0.15, 0.2) is 3.83 Å². The lowest BCUT2D eigenvalue weighted by Crippen LogP contribution is -1.99. The van der Waals surface area contributed by atoms with Gasteiger partial charge in [0, 0.05) is 24.0 Å². The molecule has 0 unspecified atom stereocenters. The van der Waals surface area contributed by atoms with Crippen LogP contribution in [-0.4, -0.2) is 14.5 Å². The van der Waals surface area contributed by atoms with Crippen LogP contribution in [0.4, 0.5) is 0 Å². The van der Waals surface area contributed by atoms with Crippen molar-refractivity contribution in [1.82, 2.24) is 14.5 Å². The molecule has 12 heavy (non-hydrogen) atoms. The Morgan fingerprint density at radius 1 is 1.42 bits per heavy atom. The largest absolute Gasteiger partial charge is 0.320 e. The average molecular weight is 291 g/mol.